The first-order valence-corrected chi connectivity index (χ1v) is 4.82. The molecule has 0 radical (unpaired) electrons. The van der Waals surface area contributed by atoms with Gasteiger partial charge >= 0.3 is 5.97 Å². The Labute approximate surface area is 84.4 Å². The fourth-order valence-corrected chi connectivity index (χ4v) is 1.42. The van der Waals surface area contributed by atoms with Gasteiger partial charge in [0.05, 0.1) is 12.6 Å². The molecule has 1 saturated carbocycles. The number of rotatable bonds is 2. The Morgan fingerprint density at radius 1 is 1.50 bits per heavy atom. The quantitative estimate of drug-likeness (QED) is 0.585. The Balaban J connectivity index is 0.000000292. The Bertz CT molecular complexity index is 164. The topological polar surface area (TPSA) is 98.6 Å². The molecule has 1 aliphatic carbocycles. The van der Waals surface area contributed by atoms with Crippen LogP contribution >= 0.6 is 0 Å². The highest BCUT2D eigenvalue weighted by atomic mass is 16.5. The van der Waals surface area contributed by atoms with Gasteiger partial charge in [-0.25, -0.2) is 0 Å². The predicted molar refractivity (Wildman–Crippen MR) is 53.9 cm³/mol. The highest BCUT2D eigenvalue weighted by Gasteiger charge is 2.20. The van der Waals surface area contributed by atoms with Gasteiger partial charge in [0.1, 0.15) is 0 Å². The van der Waals surface area contributed by atoms with E-state index in [9.17, 15) is 4.79 Å². The average molecular weight is 204 g/mol. The molecule has 84 valence electrons. The molecule has 0 bridgehead atoms. The number of methoxy groups -OCH3 is 1. The average Bonchev–Trinajstić information content (AvgIpc) is 2.19. The van der Waals surface area contributed by atoms with Crippen molar-refractivity contribution in [2.24, 2.45) is 11.5 Å². The van der Waals surface area contributed by atoms with Gasteiger partial charge in [0.25, 0.3) is 0 Å². The Hall–Kier alpha value is -0.650. The molecule has 1 aliphatic rings. The van der Waals surface area contributed by atoms with Gasteiger partial charge < -0.3 is 21.3 Å². The van der Waals surface area contributed by atoms with Crippen LogP contribution in [0, 0.1) is 0 Å². The van der Waals surface area contributed by atoms with Gasteiger partial charge in [-0.2, -0.15) is 0 Å². The number of hydrogen-bond acceptors (Lipinski definition) is 4. The van der Waals surface area contributed by atoms with Gasteiger partial charge in [-0.05, 0) is 12.8 Å². The third kappa shape index (κ3) is 5.90. The smallest absolute Gasteiger partial charge is 0.317 e. The summed E-state index contributed by atoms with van der Waals surface area (Å²) in [5.74, 6) is -0.968. The number of ether oxygens (including phenoxy) is 1. The zero-order valence-corrected chi connectivity index (χ0v) is 8.61. The number of nitrogens with two attached hydrogens (primary N) is 2. The summed E-state index contributed by atoms with van der Waals surface area (Å²) in [7, 11) is 1.75. The lowest BCUT2D eigenvalue weighted by atomic mass is 9.93. The van der Waals surface area contributed by atoms with Crippen molar-refractivity contribution in [1.29, 1.82) is 0 Å². The standard InChI is InChI=1S/C7H15NO.C2H5NO2/c1-9-7-5-3-2-4-6(7)8;3-1-2(4)5/h6-7H,2-5,8H2,1H3;1,3H2,(H,4,5). The lowest BCUT2D eigenvalue weighted by Gasteiger charge is -2.26. The molecule has 0 heterocycles. The minimum Gasteiger partial charge on any atom is -0.480 e. The van der Waals surface area contributed by atoms with Crippen LogP contribution in [0.15, 0.2) is 0 Å². The van der Waals surface area contributed by atoms with Gasteiger partial charge in [-0.3, -0.25) is 4.79 Å². The third-order valence-corrected chi connectivity index (χ3v) is 2.23. The molecule has 14 heavy (non-hydrogen) atoms. The van der Waals surface area contributed by atoms with E-state index in [4.69, 9.17) is 15.6 Å². The molecule has 0 aromatic rings. The van der Waals surface area contributed by atoms with E-state index < -0.39 is 5.97 Å². The second kappa shape index (κ2) is 7.73. The summed E-state index contributed by atoms with van der Waals surface area (Å²) in [4.78, 5) is 9.24. The summed E-state index contributed by atoms with van der Waals surface area (Å²) < 4.78 is 5.18. The van der Waals surface area contributed by atoms with Gasteiger partial charge in [-0.1, -0.05) is 12.8 Å². The molecule has 0 spiro atoms. The van der Waals surface area contributed by atoms with Gasteiger partial charge in [0.2, 0.25) is 0 Å². The summed E-state index contributed by atoms with van der Waals surface area (Å²) in [5.41, 5.74) is 10.3. The minimum absolute atomic E-state index is 0.278. The molecule has 5 heteroatoms. The second-order valence-corrected chi connectivity index (χ2v) is 3.32. The van der Waals surface area contributed by atoms with E-state index in [0.29, 0.717) is 12.1 Å². The van der Waals surface area contributed by atoms with Crippen molar-refractivity contribution in [1.82, 2.24) is 0 Å². The van der Waals surface area contributed by atoms with Crippen molar-refractivity contribution in [2.75, 3.05) is 13.7 Å². The van der Waals surface area contributed by atoms with Crippen molar-refractivity contribution >= 4 is 5.97 Å². The number of aliphatic carboxylic acids is 1. The monoisotopic (exact) mass is 204 g/mol. The summed E-state index contributed by atoms with van der Waals surface area (Å²) >= 11 is 0. The Morgan fingerprint density at radius 2 is 2.00 bits per heavy atom. The molecule has 1 fully saturated rings. The highest BCUT2D eigenvalue weighted by molar-refractivity contribution is 5.68. The van der Waals surface area contributed by atoms with Crippen molar-refractivity contribution in [3.8, 4) is 0 Å². The van der Waals surface area contributed by atoms with Crippen LogP contribution in [0.2, 0.25) is 0 Å². The van der Waals surface area contributed by atoms with E-state index in [1.807, 2.05) is 0 Å². The van der Waals surface area contributed by atoms with Crippen LogP contribution < -0.4 is 11.5 Å². The maximum Gasteiger partial charge on any atom is 0.317 e. The van der Waals surface area contributed by atoms with Crippen molar-refractivity contribution in [2.45, 2.75) is 37.8 Å². The van der Waals surface area contributed by atoms with Gasteiger partial charge in [0, 0.05) is 13.2 Å². The van der Waals surface area contributed by atoms with E-state index in [1.165, 1.54) is 12.8 Å². The zero-order valence-electron chi connectivity index (χ0n) is 8.61. The van der Waals surface area contributed by atoms with Crippen LogP contribution in [0.5, 0.6) is 0 Å². The first-order valence-electron chi connectivity index (χ1n) is 4.82. The largest absolute Gasteiger partial charge is 0.480 e. The van der Waals surface area contributed by atoms with Crippen molar-refractivity contribution < 1.29 is 14.6 Å². The fraction of sp³-hybridized carbons (Fsp3) is 0.889. The third-order valence-electron chi connectivity index (χ3n) is 2.23. The first-order chi connectivity index (χ1) is 6.61. The van der Waals surface area contributed by atoms with E-state index in [2.05, 4.69) is 5.73 Å². The molecule has 5 N–H and O–H groups in total. The molecule has 2 unspecified atom stereocenters. The number of carboxylic acid groups (broad SMARTS) is 1. The summed E-state index contributed by atoms with van der Waals surface area (Å²) in [6, 6.07) is 0.295. The van der Waals surface area contributed by atoms with Crippen LogP contribution in [0.25, 0.3) is 0 Å². The summed E-state index contributed by atoms with van der Waals surface area (Å²) in [5, 5.41) is 7.60. The van der Waals surface area contributed by atoms with Crippen LogP contribution in [0.3, 0.4) is 0 Å². The Kier molecular flexibility index (Phi) is 7.37. The van der Waals surface area contributed by atoms with E-state index in [1.54, 1.807) is 7.11 Å². The molecular formula is C9H20N2O3. The van der Waals surface area contributed by atoms with Crippen molar-refractivity contribution in [3.63, 3.8) is 0 Å². The van der Waals surface area contributed by atoms with Gasteiger partial charge in [-0.15, -0.1) is 0 Å². The van der Waals surface area contributed by atoms with Crippen LogP contribution in [-0.2, 0) is 9.53 Å². The van der Waals surface area contributed by atoms with Crippen LogP contribution in [0.1, 0.15) is 25.7 Å². The summed E-state index contributed by atoms with van der Waals surface area (Å²) in [6.45, 7) is -0.278. The molecule has 0 aromatic heterocycles. The van der Waals surface area contributed by atoms with E-state index in [-0.39, 0.29) is 6.54 Å². The van der Waals surface area contributed by atoms with Crippen LogP contribution in [-0.4, -0.2) is 36.9 Å². The number of carboxylic acids is 1. The lowest BCUT2D eigenvalue weighted by molar-refractivity contribution is -0.135. The number of carbonyl (C=O) groups is 1. The molecule has 0 amide bonds. The van der Waals surface area contributed by atoms with E-state index in [0.717, 1.165) is 12.8 Å². The number of hydrogen-bond donors (Lipinski definition) is 3. The predicted octanol–water partition coefficient (Wildman–Crippen LogP) is -0.0676. The molecular weight excluding hydrogens is 184 g/mol. The van der Waals surface area contributed by atoms with Crippen LogP contribution in [0.4, 0.5) is 0 Å². The SMILES string of the molecule is COC1CCCCC1N.NCC(=O)O. The normalized spacial score (nSPS) is 26.2. The minimum atomic E-state index is -0.968. The maximum absolute atomic E-state index is 9.24. The molecule has 0 saturated heterocycles. The van der Waals surface area contributed by atoms with E-state index >= 15 is 0 Å². The second-order valence-electron chi connectivity index (χ2n) is 3.32. The van der Waals surface area contributed by atoms with Gasteiger partial charge in [0.15, 0.2) is 0 Å². The maximum atomic E-state index is 9.24. The summed E-state index contributed by atoms with van der Waals surface area (Å²) in [6.07, 6.45) is 5.18. The molecule has 5 nitrogen and oxygen atoms in total. The van der Waals surface area contributed by atoms with Crippen molar-refractivity contribution in [3.05, 3.63) is 0 Å². The zero-order chi connectivity index (χ0) is 11.0. The Morgan fingerprint density at radius 3 is 2.29 bits per heavy atom. The molecule has 0 aromatic carbocycles. The molecule has 2 atom stereocenters. The molecule has 0 aliphatic heterocycles. The fourth-order valence-electron chi connectivity index (χ4n) is 1.42. The lowest BCUT2D eigenvalue weighted by Crippen LogP contribution is -2.38. The molecule has 1 rings (SSSR count). The first kappa shape index (κ1) is 13.4. The highest BCUT2D eigenvalue weighted by Crippen LogP contribution is 2.18.